The largest absolute Gasteiger partial charge is 0.313 e. The molecule has 2 rings (SSSR count). The number of rotatable bonds is 3. The molecule has 20 heavy (non-hydrogen) atoms. The molecule has 0 saturated carbocycles. The molecule has 2 N–H and O–H groups in total. The fourth-order valence-electron chi connectivity index (χ4n) is 3.27. The summed E-state index contributed by atoms with van der Waals surface area (Å²) >= 11 is 0. The fourth-order valence-corrected chi connectivity index (χ4v) is 5.03. The van der Waals surface area contributed by atoms with Crippen LogP contribution in [0.25, 0.3) is 0 Å². The fraction of sp³-hybridized carbons (Fsp3) is 1.00. The first-order chi connectivity index (χ1) is 8.88. The van der Waals surface area contributed by atoms with Crippen molar-refractivity contribution < 1.29 is 8.42 Å². The Labute approximate surface area is 129 Å². The quantitative estimate of drug-likeness (QED) is 0.823. The standard InChI is InChI=1S/C13H27N3O2S.ClH/c1-10-7-11(2)9-16(8-10)19(17,18)15-13-5-4-6-14-12(13)3;/h10-15H,4-9H2,1-3H3;1H. The SMILES string of the molecule is CC1CC(C)CN(S(=O)(=O)NC2CCCNC2C)C1.Cl. The summed E-state index contributed by atoms with van der Waals surface area (Å²) in [5, 5.41) is 3.33. The molecule has 0 aromatic carbocycles. The van der Waals surface area contributed by atoms with Gasteiger partial charge in [-0.1, -0.05) is 13.8 Å². The van der Waals surface area contributed by atoms with Gasteiger partial charge in [0.2, 0.25) is 0 Å². The molecule has 7 heteroatoms. The molecule has 120 valence electrons. The monoisotopic (exact) mass is 325 g/mol. The van der Waals surface area contributed by atoms with Crippen LogP contribution in [0.15, 0.2) is 0 Å². The topological polar surface area (TPSA) is 61.4 Å². The summed E-state index contributed by atoms with van der Waals surface area (Å²) in [5.74, 6) is 0.893. The molecule has 2 fully saturated rings. The second-order valence-electron chi connectivity index (χ2n) is 6.38. The molecule has 2 heterocycles. The van der Waals surface area contributed by atoms with Crippen molar-refractivity contribution in [2.45, 2.75) is 52.1 Å². The van der Waals surface area contributed by atoms with Crippen molar-refractivity contribution in [2.24, 2.45) is 11.8 Å². The number of hydrogen-bond donors (Lipinski definition) is 2. The zero-order valence-corrected chi connectivity index (χ0v) is 14.3. The van der Waals surface area contributed by atoms with E-state index in [1.54, 1.807) is 4.31 Å². The van der Waals surface area contributed by atoms with E-state index in [2.05, 4.69) is 23.9 Å². The Morgan fingerprint density at radius 1 is 1.15 bits per heavy atom. The third kappa shape index (κ3) is 4.56. The van der Waals surface area contributed by atoms with E-state index in [0.29, 0.717) is 24.9 Å². The van der Waals surface area contributed by atoms with E-state index in [1.165, 1.54) is 0 Å². The molecular weight excluding hydrogens is 298 g/mol. The predicted molar refractivity (Wildman–Crippen MR) is 84.3 cm³/mol. The molecule has 2 aliphatic heterocycles. The van der Waals surface area contributed by atoms with Crippen LogP contribution in [-0.2, 0) is 10.2 Å². The lowest BCUT2D eigenvalue weighted by Gasteiger charge is -2.37. The highest BCUT2D eigenvalue weighted by molar-refractivity contribution is 7.87. The van der Waals surface area contributed by atoms with E-state index >= 15 is 0 Å². The van der Waals surface area contributed by atoms with E-state index in [0.717, 1.165) is 25.8 Å². The van der Waals surface area contributed by atoms with Gasteiger partial charge in [0, 0.05) is 25.2 Å². The third-order valence-corrected chi connectivity index (χ3v) is 5.82. The Morgan fingerprint density at radius 2 is 1.75 bits per heavy atom. The van der Waals surface area contributed by atoms with Crippen LogP contribution in [-0.4, -0.2) is 44.4 Å². The minimum Gasteiger partial charge on any atom is -0.313 e. The highest BCUT2D eigenvalue weighted by atomic mass is 35.5. The van der Waals surface area contributed by atoms with Crippen LogP contribution in [0, 0.1) is 11.8 Å². The lowest BCUT2D eigenvalue weighted by molar-refractivity contribution is 0.217. The molecule has 4 unspecified atom stereocenters. The second kappa shape index (κ2) is 7.40. The average molecular weight is 326 g/mol. The van der Waals surface area contributed by atoms with E-state index in [4.69, 9.17) is 0 Å². The number of nitrogens with one attached hydrogen (secondary N) is 2. The molecule has 2 saturated heterocycles. The Kier molecular flexibility index (Phi) is 6.73. The minimum absolute atomic E-state index is 0. The molecule has 4 atom stereocenters. The smallest absolute Gasteiger partial charge is 0.279 e. The molecule has 0 bridgehead atoms. The highest BCUT2D eigenvalue weighted by Crippen LogP contribution is 2.23. The zero-order chi connectivity index (χ0) is 14.0. The molecule has 0 aromatic heterocycles. The molecule has 0 radical (unpaired) electrons. The van der Waals surface area contributed by atoms with Crippen molar-refractivity contribution in [2.75, 3.05) is 19.6 Å². The van der Waals surface area contributed by atoms with E-state index in [9.17, 15) is 8.42 Å². The Bertz CT molecular complexity index is 394. The van der Waals surface area contributed by atoms with Gasteiger partial charge in [-0.05, 0) is 44.6 Å². The summed E-state index contributed by atoms with van der Waals surface area (Å²) in [5.41, 5.74) is 0. The maximum absolute atomic E-state index is 12.5. The molecule has 0 amide bonds. The van der Waals surface area contributed by atoms with Crippen LogP contribution in [0.1, 0.15) is 40.0 Å². The van der Waals surface area contributed by atoms with Crippen molar-refractivity contribution in [1.29, 1.82) is 0 Å². The predicted octanol–water partition coefficient (Wildman–Crippen LogP) is 1.36. The molecule has 5 nitrogen and oxygen atoms in total. The van der Waals surface area contributed by atoms with Crippen molar-refractivity contribution >= 4 is 22.6 Å². The molecule has 0 aromatic rings. The summed E-state index contributed by atoms with van der Waals surface area (Å²) in [6.45, 7) is 8.58. The van der Waals surface area contributed by atoms with Gasteiger partial charge < -0.3 is 5.32 Å². The molecule has 2 aliphatic rings. The van der Waals surface area contributed by atoms with E-state index < -0.39 is 10.2 Å². The lowest BCUT2D eigenvalue weighted by atomic mass is 9.94. The number of nitrogens with zero attached hydrogens (tertiary/aromatic N) is 1. The summed E-state index contributed by atoms with van der Waals surface area (Å²) in [6.07, 6.45) is 3.07. The summed E-state index contributed by atoms with van der Waals surface area (Å²) in [4.78, 5) is 0. The minimum atomic E-state index is -3.34. The number of halogens is 1. The van der Waals surface area contributed by atoms with Crippen molar-refractivity contribution in [3.63, 3.8) is 0 Å². The van der Waals surface area contributed by atoms with Crippen LogP contribution < -0.4 is 10.0 Å². The van der Waals surface area contributed by atoms with Gasteiger partial charge >= 0.3 is 0 Å². The first-order valence-electron chi connectivity index (χ1n) is 7.39. The second-order valence-corrected chi connectivity index (χ2v) is 8.08. The first kappa shape index (κ1) is 18.2. The number of hydrogen-bond acceptors (Lipinski definition) is 3. The molecular formula is C13H28ClN3O2S. The van der Waals surface area contributed by atoms with Gasteiger partial charge in [-0.3, -0.25) is 0 Å². The van der Waals surface area contributed by atoms with Gasteiger partial charge in [0.15, 0.2) is 0 Å². The first-order valence-corrected chi connectivity index (χ1v) is 8.83. The van der Waals surface area contributed by atoms with E-state index in [1.807, 2.05) is 6.92 Å². The van der Waals surface area contributed by atoms with Gasteiger partial charge in [0.25, 0.3) is 10.2 Å². The summed E-state index contributed by atoms with van der Waals surface area (Å²) < 4.78 is 29.5. The normalized spacial score (nSPS) is 36.4. The van der Waals surface area contributed by atoms with Crippen LogP contribution in [0.5, 0.6) is 0 Å². The highest BCUT2D eigenvalue weighted by Gasteiger charge is 2.33. The lowest BCUT2D eigenvalue weighted by Crippen LogP contribution is -2.56. The average Bonchev–Trinajstić information content (AvgIpc) is 2.31. The zero-order valence-electron chi connectivity index (χ0n) is 12.6. The molecule has 0 aliphatic carbocycles. The van der Waals surface area contributed by atoms with E-state index in [-0.39, 0.29) is 24.5 Å². The van der Waals surface area contributed by atoms with Crippen LogP contribution in [0.3, 0.4) is 0 Å². The van der Waals surface area contributed by atoms with Crippen molar-refractivity contribution in [1.82, 2.24) is 14.3 Å². The van der Waals surface area contributed by atoms with Gasteiger partial charge in [-0.25, -0.2) is 0 Å². The Hall–Kier alpha value is 0.120. The summed E-state index contributed by atoms with van der Waals surface area (Å²) in [7, 11) is -3.34. The van der Waals surface area contributed by atoms with Crippen molar-refractivity contribution in [3.05, 3.63) is 0 Å². The van der Waals surface area contributed by atoms with Gasteiger partial charge in [0.05, 0.1) is 0 Å². The van der Waals surface area contributed by atoms with Gasteiger partial charge in [-0.15, -0.1) is 12.4 Å². The van der Waals surface area contributed by atoms with Crippen molar-refractivity contribution in [3.8, 4) is 0 Å². The van der Waals surface area contributed by atoms with Crippen LogP contribution in [0.4, 0.5) is 0 Å². The van der Waals surface area contributed by atoms with Gasteiger partial charge in [0.1, 0.15) is 0 Å². The molecule has 0 spiro atoms. The van der Waals surface area contributed by atoms with Gasteiger partial charge in [-0.2, -0.15) is 17.4 Å². The maximum Gasteiger partial charge on any atom is 0.279 e. The maximum atomic E-state index is 12.5. The Morgan fingerprint density at radius 3 is 2.30 bits per heavy atom. The van der Waals surface area contributed by atoms with Crippen LogP contribution >= 0.6 is 12.4 Å². The Balaban J connectivity index is 0.00000200. The third-order valence-electron chi connectivity index (χ3n) is 4.24. The summed E-state index contributed by atoms with van der Waals surface area (Å²) in [6, 6.07) is 0.231. The van der Waals surface area contributed by atoms with Crippen LogP contribution in [0.2, 0.25) is 0 Å². The number of piperidine rings is 2.